The molecule has 0 radical (unpaired) electrons. The zero-order valence-electron chi connectivity index (χ0n) is 12.3. The van der Waals surface area contributed by atoms with Crippen LogP contribution in [0.25, 0.3) is 6.08 Å². The van der Waals surface area contributed by atoms with Gasteiger partial charge in [-0.25, -0.2) is 4.98 Å². The third kappa shape index (κ3) is 4.36. The predicted molar refractivity (Wildman–Crippen MR) is 81.4 cm³/mol. The van der Waals surface area contributed by atoms with Crippen LogP contribution in [0.2, 0.25) is 0 Å². The minimum absolute atomic E-state index is 0.192. The number of nitrogens with zero attached hydrogens (tertiary/aromatic N) is 2. The summed E-state index contributed by atoms with van der Waals surface area (Å²) in [7, 11) is 1.60. The van der Waals surface area contributed by atoms with Gasteiger partial charge in [0.05, 0.1) is 20.0 Å². The molecular weight excluding hydrogens is 268 g/mol. The van der Waals surface area contributed by atoms with Crippen LogP contribution in [-0.4, -0.2) is 34.5 Å². The number of aliphatic hydroxyl groups is 1. The average Bonchev–Trinajstić information content (AvgIpc) is 2.99. The van der Waals surface area contributed by atoms with Gasteiger partial charge in [0.2, 0.25) is 0 Å². The largest absolute Gasteiger partial charge is 0.493 e. The third-order valence-corrected chi connectivity index (χ3v) is 2.96. The molecule has 0 bridgehead atoms. The molecule has 0 fully saturated rings. The van der Waals surface area contributed by atoms with Crippen LogP contribution in [-0.2, 0) is 6.54 Å². The summed E-state index contributed by atoms with van der Waals surface area (Å²) in [5, 5.41) is 9.96. The first-order valence-corrected chi connectivity index (χ1v) is 6.80. The molecule has 0 spiro atoms. The Balaban J connectivity index is 1.95. The van der Waals surface area contributed by atoms with Gasteiger partial charge in [-0.1, -0.05) is 18.2 Å². The van der Waals surface area contributed by atoms with Crippen molar-refractivity contribution in [2.75, 3.05) is 13.7 Å². The maximum atomic E-state index is 9.96. The summed E-state index contributed by atoms with van der Waals surface area (Å²) in [5.74, 6) is 1.27. The molecule has 5 nitrogen and oxygen atoms in total. The van der Waals surface area contributed by atoms with Crippen molar-refractivity contribution in [3.05, 3.63) is 48.6 Å². The van der Waals surface area contributed by atoms with E-state index in [0.29, 0.717) is 18.0 Å². The number of hydrogen-bond acceptors (Lipinski definition) is 4. The van der Waals surface area contributed by atoms with E-state index < -0.39 is 6.10 Å². The van der Waals surface area contributed by atoms with Gasteiger partial charge >= 0.3 is 0 Å². The summed E-state index contributed by atoms with van der Waals surface area (Å²) in [6.45, 7) is 2.60. The molecule has 1 atom stereocenters. The molecule has 112 valence electrons. The van der Waals surface area contributed by atoms with Crippen molar-refractivity contribution < 1.29 is 14.6 Å². The molecule has 1 heterocycles. The fraction of sp³-hybridized carbons (Fsp3) is 0.312. The Morgan fingerprint density at radius 3 is 2.90 bits per heavy atom. The second-order valence-electron chi connectivity index (χ2n) is 4.63. The summed E-state index contributed by atoms with van der Waals surface area (Å²) in [6, 6.07) is 5.69. The van der Waals surface area contributed by atoms with Crippen LogP contribution < -0.4 is 9.47 Å². The number of hydrogen-bond donors (Lipinski definition) is 1. The van der Waals surface area contributed by atoms with Crippen molar-refractivity contribution >= 4 is 6.08 Å². The molecule has 1 aromatic heterocycles. The first kappa shape index (κ1) is 15.1. The Labute approximate surface area is 124 Å². The molecule has 5 heteroatoms. The quantitative estimate of drug-likeness (QED) is 0.850. The van der Waals surface area contributed by atoms with Crippen LogP contribution in [0.3, 0.4) is 0 Å². The molecule has 0 amide bonds. The Kier molecular flexibility index (Phi) is 5.40. The maximum absolute atomic E-state index is 9.96. The summed E-state index contributed by atoms with van der Waals surface area (Å²) >= 11 is 0. The minimum atomic E-state index is -0.612. The van der Waals surface area contributed by atoms with E-state index in [-0.39, 0.29) is 6.61 Å². The van der Waals surface area contributed by atoms with Crippen molar-refractivity contribution in [1.29, 1.82) is 0 Å². The van der Waals surface area contributed by atoms with Gasteiger partial charge in [0.15, 0.2) is 11.5 Å². The fourth-order valence-corrected chi connectivity index (χ4v) is 1.98. The summed E-state index contributed by atoms with van der Waals surface area (Å²) in [5.41, 5.74) is 1.04. The molecule has 0 unspecified atom stereocenters. The number of benzene rings is 1. The molecule has 0 aliphatic carbocycles. The lowest BCUT2D eigenvalue weighted by Crippen LogP contribution is -2.23. The third-order valence-electron chi connectivity index (χ3n) is 2.96. The van der Waals surface area contributed by atoms with Crippen molar-refractivity contribution in [2.24, 2.45) is 0 Å². The second-order valence-corrected chi connectivity index (χ2v) is 4.63. The highest BCUT2D eigenvalue weighted by atomic mass is 16.5. The first-order chi connectivity index (χ1) is 10.2. The maximum Gasteiger partial charge on any atom is 0.161 e. The van der Waals surface area contributed by atoms with Gasteiger partial charge in [0.1, 0.15) is 12.7 Å². The Hall–Kier alpha value is -2.27. The normalized spacial score (nSPS) is 12.5. The fourth-order valence-electron chi connectivity index (χ4n) is 1.98. The molecule has 0 aliphatic rings. The smallest absolute Gasteiger partial charge is 0.161 e. The molecular formula is C16H20N2O3. The van der Waals surface area contributed by atoms with Crippen molar-refractivity contribution in [3.63, 3.8) is 0 Å². The highest BCUT2D eigenvalue weighted by Gasteiger charge is 2.09. The Morgan fingerprint density at radius 1 is 1.38 bits per heavy atom. The lowest BCUT2D eigenvalue weighted by atomic mass is 10.2. The number of aromatic nitrogens is 2. The van der Waals surface area contributed by atoms with Crippen LogP contribution in [0.15, 0.2) is 43.0 Å². The zero-order chi connectivity index (χ0) is 15.1. The van der Waals surface area contributed by atoms with Gasteiger partial charge in [-0.05, 0) is 24.6 Å². The van der Waals surface area contributed by atoms with Gasteiger partial charge in [0, 0.05) is 12.4 Å². The molecule has 2 aromatic rings. The van der Waals surface area contributed by atoms with E-state index >= 15 is 0 Å². The van der Waals surface area contributed by atoms with E-state index in [4.69, 9.17) is 9.47 Å². The van der Waals surface area contributed by atoms with Crippen molar-refractivity contribution in [2.45, 2.75) is 19.6 Å². The topological polar surface area (TPSA) is 56.5 Å². The molecule has 0 saturated carbocycles. The van der Waals surface area contributed by atoms with Gasteiger partial charge < -0.3 is 19.1 Å². The molecule has 0 aliphatic heterocycles. The summed E-state index contributed by atoms with van der Waals surface area (Å²) < 4.78 is 12.8. The molecule has 0 saturated heterocycles. The molecule has 1 N–H and O–H groups in total. The number of methoxy groups -OCH3 is 1. The van der Waals surface area contributed by atoms with Crippen LogP contribution in [0, 0.1) is 0 Å². The number of ether oxygens (including phenoxy) is 2. The van der Waals surface area contributed by atoms with Gasteiger partial charge in [-0.2, -0.15) is 0 Å². The lowest BCUT2D eigenvalue weighted by molar-refractivity contribution is 0.0910. The minimum Gasteiger partial charge on any atom is -0.493 e. The molecule has 1 aromatic carbocycles. The van der Waals surface area contributed by atoms with E-state index in [1.807, 2.05) is 37.3 Å². The van der Waals surface area contributed by atoms with Crippen LogP contribution >= 0.6 is 0 Å². The van der Waals surface area contributed by atoms with Gasteiger partial charge in [-0.15, -0.1) is 0 Å². The van der Waals surface area contributed by atoms with Crippen molar-refractivity contribution in [1.82, 2.24) is 9.55 Å². The molecule has 21 heavy (non-hydrogen) atoms. The second kappa shape index (κ2) is 7.50. The predicted octanol–water partition coefficient (Wildman–Crippen LogP) is 2.36. The van der Waals surface area contributed by atoms with Gasteiger partial charge in [-0.3, -0.25) is 0 Å². The summed E-state index contributed by atoms with van der Waals surface area (Å²) in [6.07, 6.45) is 8.48. The Bertz CT molecular complexity index is 579. The highest BCUT2D eigenvalue weighted by Crippen LogP contribution is 2.28. The number of aliphatic hydroxyl groups excluding tert-OH is 1. The van der Waals surface area contributed by atoms with Crippen molar-refractivity contribution in [3.8, 4) is 11.5 Å². The SMILES string of the molecule is C/C=C/c1ccc(OC[C@@H](O)Cn2ccnc2)c(OC)c1. The summed E-state index contributed by atoms with van der Waals surface area (Å²) in [4.78, 5) is 3.93. The van der Waals surface area contributed by atoms with Crippen LogP contribution in [0.5, 0.6) is 11.5 Å². The van der Waals surface area contributed by atoms with Gasteiger partial charge in [0.25, 0.3) is 0 Å². The average molecular weight is 288 g/mol. The van der Waals surface area contributed by atoms with E-state index in [2.05, 4.69) is 4.98 Å². The monoisotopic (exact) mass is 288 g/mol. The number of imidazole rings is 1. The first-order valence-electron chi connectivity index (χ1n) is 6.80. The van der Waals surface area contributed by atoms with Crippen LogP contribution in [0.1, 0.15) is 12.5 Å². The van der Waals surface area contributed by atoms with Crippen LogP contribution in [0.4, 0.5) is 0 Å². The lowest BCUT2D eigenvalue weighted by Gasteiger charge is -2.15. The number of rotatable bonds is 7. The van der Waals surface area contributed by atoms with E-state index in [1.54, 1.807) is 30.4 Å². The number of allylic oxidation sites excluding steroid dienone is 1. The Morgan fingerprint density at radius 2 is 2.24 bits per heavy atom. The highest BCUT2D eigenvalue weighted by molar-refractivity contribution is 5.55. The van der Waals surface area contributed by atoms with E-state index in [1.165, 1.54) is 0 Å². The zero-order valence-corrected chi connectivity index (χ0v) is 12.3. The van der Waals surface area contributed by atoms with E-state index in [0.717, 1.165) is 5.56 Å². The van der Waals surface area contributed by atoms with E-state index in [9.17, 15) is 5.11 Å². The standard InChI is InChI=1S/C16H20N2O3/c1-3-4-13-5-6-15(16(9-13)20-2)21-11-14(19)10-18-8-7-17-12-18/h3-9,12,14,19H,10-11H2,1-2H3/b4-3+/t14-/m0/s1. The molecule has 2 rings (SSSR count).